The van der Waals surface area contributed by atoms with Gasteiger partial charge in [-0.25, -0.2) is 4.39 Å². The van der Waals surface area contributed by atoms with Crippen LogP contribution in [0.5, 0.6) is 0 Å². The van der Waals surface area contributed by atoms with Crippen LogP contribution in [0.1, 0.15) is 37.7 Å². The average Bonchev–Trinajstić information content (AvgIpc) is 3.27. The molecule has 1 unspecified atom stereocenters. The van der Waals surface area contributed by atoms with Gasteiger partial charge in [0.2, 0.25) is 11.8 Å². The standard InChI is InChI=1S/C16H19FN2O2/c17-12-5-3-4-11(10-12)16(7-8-16)15(21)19-13-6-1-2-9-18-14(13)20/h3-5,10,13H,1-2,6-9H2,(H,18,20)(H,19,21). The van der Waals surface area contributed by atoms with E-state index >= 15 is 0 Å². The molecular weight excluding hydrogens is 271 g/mol. The van der Waals surface area contributed by atoms with Crippen LogP contribution in [0.15, 0.2) is 24.3 Å². The molecule has 1 aliphatic carbocycles. The lowest BCUT2D eigenvalue weighted by Crippen LogP contribution is -2.48. The second-order valence-corrected chi connectivity index (χ2v) is 5.91. The third-order valence-corrected chi connectivity index (χ3v) is 4.40. The van der Waals surface area contributed by atoms with Crippen LogP contribution in [0.4, 0.5) is 4.39 Å². The summed E-state index contributed by atoms with van der Waals surface area (Å²) in [5.41, 5.74) is 0.0586. The first-order chi connectivity index (χ1) is 10.1. The van der Waals surface area contributed by atoms with Crippen molar-refractivity contribution >= 4 is 11.8 Å². The van der Waals surface area contributed by atoms with Gasteiger partial charge in [0.15, 0.2) is 0 Å². The fraction of sp³-hybridized carbons (Fsp3) is 0.500. The molecule has 1 aromatic carbocycles. The predicted octanol–water partition coefficient (Wildman–Crippen LogP) is 1.64. The molecule has 4 nitrogen and oxygen atoms in total. The van der Waals surface area contributed by atoms with Crippen molar-refractivity contribution in [1.29, 1.82) is 0 Å². The maximum atomic E-state index is 13.4. The molecule has 1 saturated heterocycles. The van der Waals surface area contributed by atoms with Gasteiger partial charge in [-0.05, 0) is 49.8 Å². The summed E-state index contributed by atoms with van der Waals surface area (Å²) in [4.78, 5) is 24.5. The topological polar surface area (TPSA) is 58.2 Å². The molecule has 0 spiro atoms. The molecule has 3 rings (SSSR count). The van der Waals surface area contributed by atoms with E-state index in [1.807, 2.05) is 0 Å². The first kappa shape index (κ1) is 14.0. The number of halogens is 1. The van der Waals surface area contributed by atoms with Crippen LogP contribution < -0.4 is 10.6 Å². The number of hydrogen-bond acceptors (Lipinski definition) is 2. The van der Waals surface area contributed by atoms with E-state index in [-0.39, 0.29) is 17.6 Å². The molecule has 1 atom stereocenters. The van der Waals surface area contributed by atoms with Gasteiger partial charge in [0.05, 0.1) is 5.41 Å². The Morgan fingerprint density at radius 1 is 1.33 bits per heavy atom. The molecule has 21 heavy (non-hydrogen) atoms. The lowest BCUT2D eigenvalue weighted by molar-refractivity contribution is -0.130. The molecule has 5 heteroatoms. The Hall–Kier alpha value is -1.91. The van der Waals surface area contributed by atoms with E-state index in [0.717, 1.165) is 12.8 Å². The monoisotopic (exact) mass is 290 g/mol. The van der Waals surface area contributed by atoms with E-state index < -0.39 is 11.5 Å². The molecule has 0 bridgehead atoms. The number of carbonyl (C=O) groups is 2. The highest BCUT2D eigenvalue weighted by atomic mass is 19.1. The second kappa shape index (κ2) is 5.47. The van der Waals surface area contributed by atoms with E-state index in [9.17, 15) is 14.0 Å². The zero-order valence-corrected chi connectivity index (χ0v) is 11.8. The second-order valence-electron chi connectivity index (χ2n) is 5.91. The minimum atomic E-state index is -0.644. The van der Waals surface area contributed by atoms with E-state index in [1.54, 1.807) is 12.1 Å². The minimum absolute atomic E-state index is 0.115. The van der Waals surface area contributed by atoms with Crippen LogP contribution in [-0.2, 0) is 15.0 Å². The Morgan fingerprint density at radius 2 is 2.14 bits per heavy atom. The SMILES string of the molecule is O=C1NCCCCC1NC(=O)C1(c2cccc(F)c2)CC1. The molecule has 1 aromatic rings. The van der Waals surface area contributed by atoms with Crippen LogP contribution in [-0.4, -0.2) is 24.4 Å². The summed E-state index contributed by atoms with van der Waals surface area (Å²) in [5.74, 6) is -0.607. The fourth-order valence-corrected chi connectivity index (χ4v) is 2.93. The summed E-state index contributed by atoms with van der Waals surface area (Å²) < 4.78 is 13.4. The third kappa shape index (κ3) is 2.77. The molecule has 112 valence electrons. The Balaban J connectivity index is 1.74. The fourth-order valence-electron chi connectivity index (χ4n) is 2.93. The Kier molecular flexibility index (Phi) is 3.66. The predicted molar refractivity (Wildman–Crippen MR) is 76.1 cm³/mol. The Bertz CT molecular complexity index is 569. The minimum Gasteiger partial charge on any atom is -0.354 e. The Morgan fingerprint density at radius 3 is 2.86 bits per heavy atom. The quantitative estimate of drug-likeness (QED) is 0.889. The molecule has 0 radical (unpaired) electrons. The van der Waals surface area contributed by atoms with E-state index in [4.69, 9.17) is 0 Å². The van der Waals surface area contributed by atoms with Gasteiger partial charge in [0, 0.05) is 6.54 Å². The van der Waals surface area contributed by atoms with Gasteiger partial charge in [-0.3, -0.25) is 9.59 Å². The van der Waals surface area contributed by atoms with Gasteiger partial charge in [0.1, 0.15) is 11.9 Å². The van der Waals surface area contributed by atoms with E-state index in [0.29, 0.717) is 31.4 Å². The van der Waals surface area contributed by atoms with Crippen LogP contribution >= 0.6 is 0 Å². The van der Waals surface area contributed by atoms with Gasteiger partial charge in [0.25, 0.3) is 0 Å². The van der Waals surface area contributed by atoms with Gasteiger partial charge in [-0.2, -0.15) is 0 Å². The number of hydrogen-bond donors (Lipinski definition) is 2. The number of nitrogens with one attached hydrogen (secondary N) is 2. The smallest absolute Gasteiger partial charge is 0.242 e. The van der Waals surface area contributed by atoms with Crippen molar-refractivity contribution in [2.75, 3.05) is 6.54 Å². The van der Waals surface area contributed by atoms with E-state index in [1.165, 1.54) is 12.1 Å². The zero-order valence-electron chi connectivity index (χ0n) is 11.8. The zero-order chi connectivity index (χ0) is 14.9. The summed E-state index contributed by atoms with van der Waals surface area (Å²) in [6.45, 7) is 0.667. The molecule has 2 N–H and O–H groups in total. The lowest BCUT2D eigenvalue weighted by atomic mass is 9.94. The molecule has 0 aromatic heterocycles. The molecule has 1 saturated carbocycles. The molecule has 2 fully saturated rings. The molecular formula is C16H19FN2O2. The number of rotatable bonds is 3. The maximum absolute atomic E-state index is 13.4. The van der Waals surface area contributed by atoms with Gasteiger partial charge < -0.3 is 10.6 Å². The first-order valence-electron chi connectivity index (χ1n) is 7.46. The largest absolute Gasteiger partial charge is 0.354 e. The van der Waals surface area contributed by atoms with Crippen molar-refractivity contribution in [3.63, 3.8) is 0 Å². The number of carbonyl (C=O) groups excluding carboxylic acids is 2. The highest BCUT2D eigenvalue weighted by Crippen LogP contribution is 2.48. The van der Waals surface area contributed by atoms with Crippen LogP contribution in [0, 0.1) is 5.82 Å². The summed E-state index contributed by atoms with van der Waals surface area (Å²) in [7, 11) is 0. The Labute approximate surface area is 123 Å². The van der Waals surface area contributed by atoms with Crippen molar-refractivity contribution in [1.82, 2.24) is 10.6 Å². The molecule has 1 heterocycles. The first-order valence-corrected chi connectivity index (χ1v) is 7.46. The van der Waals surface area contributed by atoms with Crippen molar-refractivity contribution in [3.05, 3.63) is 35.6 Å². The summed E-state index contributed by atoms with van der Waals surface area (Å²) in [6.07, 6.45) is 3.92. The summed E-state index contributed by atoms with van der Waals surface area (Å²) >= 11 is 0. The van der Waals surface area contributed by atoms with Gasteiger partial charge in [-0.15, -0.1) is 0 Å². The summed E-state index contributed by atoms with van der Waals surface area (Å²) in [6, 6.07) is 5.72. The van der Waals surface area contributed by atoms with Gasteiger partial charge in [-0.1, -0.05) is 12.1 Å². The van der Waals surface area contributed by atoms with Crippen molar-refractivity contribution in [2.45, 2.75) is 43.6 Å². The third-order valence-electron chi connectivity index (χ3n) is 4.40. The van der Waals surface area contributed by atoms with Crippen LogP contribution in [0.3, 0.4) is 0 Å². The molecule has 2 aliphatic rings. The van der Waals surface area contributed by atoms with Crippen molar-refractivity contribution in [2.24, 2.45) is 0 Å². The average molecular weight is 290 g/mol. The van der Waals surface area contributed by atoms with E-state index in [2.05, 4.69) is 10.6 Å². The van der Waals surface area contributed by atoms with Crippen molar-refractivity contribution in [3.8, 4) is 0 Å². The van der Waals surface area contributed by atoms with Crippen LogP contribution in [0.2, 0.25) is 0 Å². The molecule has 1 aliphatic heterocycles. The van der Waals surface area contributed by atoms with Crippen molar-refractivity contribution < 1.29 is 14.0 Å². The number of amides is 2. The van der Waals surface area contributed by atoms with Gasteiger partial charge >= 0.3 is 0 Å². The molecule has 2 amide bonds. The van der Waals surface area contributed by atoms with Crippen LogP contribution in [0.25, 0.3) is 0 Å². The normalized spacial score (nSPS) is 23.9. The highest BCUT2D eigenvalue weighted by Gasteiger charge is 2.52. The maximum Gasteiger partial charge on any atom is 0.242 e. The lowest BCUT2D eigenvalue weighted by Gasteiger charge is -2.20. The summed E-state index contributed by atoms with van der Waals surface area (Å²) in [5, 5.41) is 5.66. The highest BCUT2D eigenvalue weighted by molar-refractivity contribution is 5.95. The number of benzene rings is 1.